The Bertz CT molecular complexity index is 538. The van der Waals surface area contributed by atoms with E-state index in [1.165, 1.54) is 0 Å². The third kappa shape index (κ3) is 3.10. The lowest BCUT2D eigenvalue weighted by Gasteiger charge is -2.21. The molecule has 5 nitrogen and oxygen atoms in total. The molecule has 0 atom stereocenters. The summed E-state index contributed by atoms with van der Waals surface area (Å²) < 4.78 is 0. The number of benzene rings is 1. The van der Waals surface area contributed by atoms with Gasteiger partial charge in [-0.15, -0.1) is 0 Å². The molecule has 1 amide bonds. The molecule has 1 aliphatic rings. The molecule has 0 unspecified atom stereocenters. The van der Waals surface area contributed by atoms with Gasteiger partial charge in [0.2, 0.25) is 0 Å². The van der Waals surface area contributed by atoms with Crippen LogP contribution in [0.25, 0.3) is 0 Å². The molecule has 0 fully saturated rings. The van der Waals surface area contributed by atoms with Gasteiger partial charge in [-0.05, 0) is 50.5 Å². The summed E-state index contributed by atoms with van der Waals surface area (Å²) in [7, 11) is 0. The molecule has 0 saturated heterocycles. The second-order valence-electron chi connectivity index (χ2n) is 5.77. The number of carbonyl (C=O) groups is 2. The summed E-state index contributed by atoms with van der Waals surface area (Å²) in [5.41, 5.74) is 1.83. The van der Waals surface area contributed by atoms with E-state index in [1.54, 1.807) is 19.9 Å². The molecule has 3 N–H and O–H groups in total. The maximum Gasteiger partial charge on any atom is 0.310 e. The van der Waals surface area contributed by atoms with Crippen LogP contribution in [0, 0.1) is 5.41 Å². The minimum atomic E-state index is -0.967. The number of nitrogens with one attached hydrogen (secondary N) is 2. The molecular weight excluding hydrogens is 256 g/mol. The van der Waals surface area contributed by atoms with Gasteiger partial charge in [-0.25, -0.2) is 0 Å². The fourth-order valence-corrected chi connectivity index (χ4v) is 2.10. The first-order chi connectivity index (χ1) is 9.40. The number of hydrogen-bond donors (Lipinski definition) is 3. The lowest BCUT2D eigenvalue weighted by molar-refractivity contribution is -0.146. The molecule has 2 rings (SSSR count). The van der Waals surface area contributed by atoms with Crippen LogP contribution in [0.5, 0.6) is 0 Å². The Hall–Kier alpha value is -2.04. The Kier molecular flexibility index (Phi) is 3.97. The summed E-state index contributed by atoms with van der Waals surface area (Å²) in [4.78, 5) is 23.1. The van der Waals surface area contributed by atoms with Gasteiger partial charge in [-0.3, -0.25) is 9.59 Å². The highest BCUT2D eigenvalue weighted by atomic mass is 16.4. The number of hydrogen-bond acceptors (Lipinski definition) is 3. The minimum Gasteiger partial charge on any atom is -0.481 e. The molecule has 1 aromatic carbocycles. The number of aryl methyl sites for hydroxylation is 1. The largest absolute Gasteiger partial charge is 0.481 e. The van der Waals surface area contributed by atoms with Gasteiger partial charge in [-0.1, -0.05) is 0 Å². The second-order valence-corrected chi connectivity index (χ2v) is 5.77. The van der Waals surface area contributed by atoms with Crippen molar-refractivity contribution >= 4 is 17.6 Å². The van der Waals surface area contributed by atoms with Crippen LogP contribution in [-0.2, 0) is 11.2 Å². The Morgan fingerprint density at radius 3 is 2.85 bits per heavy atom. The molecule has 0 radical (unpaired) electrons. The molecule has 5 heteroatoms. The summed E-state index contributed by atoms with van der Waals surface area (Å²) in [6, 6.07) is 5.55. The summed E-state index contributed by atoms with van der Waals surface area (Å²) in [6.45, 7) is 4.25. The van der Waals surface area contributed by atoms with Crippen LogP contribution in [0.4, 0.5) is 5.69 Å². The predicted molar refractivity (Wildman–Crippen MR) is 77.0 cm³/mol. The van der Waals surface area contributed by atoms with Gasteiger partial charge in [0.25, 0.3) is 5.91 Å². The van der Waals surface area contributed by atoms with Gasteiger partial charge in [0, 0.05) is 24.3 Å². The number of rotatable bonds is 4. The fraction of sp³-hybridized carbons (Fsp3) is 0.467. The summed E-state index contributed by atoms with van der Waals surface area (Å²) in [5.74, 6) is -1.15. The molecule has 0 aliphatic carbocycles. The molecule has 1 aromatic rings. The minimum absolute atomic E-state index is 0.108. The molecule has 1 aliphatic heterocycles. The third-order valence-corrected chi connectivity index (χ3v) is 3.58. The average molecular weight is 276 g/mol. The standard InChI is InChI=1S/C15H20N2O3/c1-15(2,14(19)20)9-17-13(18)11-5-6-12-10(8-11)4-3-7-16-12/h5-6,8,16H,3-4,7,9H2,1-2H3,(H,17,18)(H,19,20). The van der Waals surface area contributed by atoms with Gasteiger partial charge < -0.3 is 15.7 Å². The fourth-order valence-electron chi connectivity index (χ4n) is 2.10. The van der Waals surface area contributed by atoms with Gasteiger partial charge in [0.15, 0.2) is 0 Å². The van der Waals surface area contributed by atoms with E-state index in [-0.39, 0.29) is 12.5 Å². The number of anilines is 1. The average Bonchev–Trinajstić information content (AvgIpc) is 2.44. The van der Waals surface area contributed by atoms with Gasteiger partial charge in [0.05, 0.1) is 5.41 Å². The Morgan fingerprint density at radius 1 is 1.40 bits per heavy atom. The van der Waals surface area contributed by atoms with E-state index in [0.717, 1.165) is 30.6 Å². The Balaban J connectivity index is 2.04. The summed E-state index contributed by atoms with van der Waals surface area (Å²) >= 11 is 0. The molecule has 0 saturated carbocycles. The zero-order chi connectivity index (χ0) is 14.8. The zero-order valence-corrected chi connectivity index (χ0v) is 11.8. The van der Waals surface area contributed by atoms with Crippen LogP contribution in [0.15, 0.2) is 18.2 Å². The number of aliphatic carboxylic acids is 1. The van der Waals surface area contributed by atoms with Crippen molar-refractivity contribution in [3.05, 3.63) is 29.3 Å². The third-order valence-electron chi connectivity index (χ3n) is 3.58. The van der Waals surface area contributed by atoms with Crippen LogP contribution in [0.1, 0.15) is 36.2 Å². The van der Waals surface area contributed by atoms with Crippen molar-refractivity contribution < 1.29 is 14.7 Å². The van der Waals surface area contributed by atoms with E-state index in [4.69, 9.17) is 5.11 Å². The van der Waals surface area contributed by atoms with Crippen LogP contribution in [-0.4, -0.2) is 30.1 Å². The molecule has 0 spiro atoms. The highest BCUT2D eigenvalue weighted by Gasteiger charge is 2.27. The Morgan fingerprint density at radius 2 is 2.15 bits per heavy atom. The lowest BCUT2D eigenvalue weighted by Crippen LogP contribution is -2.38. The molecule has 0 aromatic heterocycles. The Labute approximate surface area is 118 Å². The smallest absolute Gasteiger partial charge is 0.310 e. The molecule has 1 heterocycles. The number of fused-ring (bicyclic) bond motifs is 1. The second kappa shape index (κ2) is 5.53. The maximum atomic E-state index is 12.1. The van der Waals surface area contributed by atoms with E-state index in [2.05, 4.69) is 10.6 Å². The quantitative estimate of drug-likeness (QED) is 0.784. The number of carboxylic acid groups (broad SMARTS) is 1. The van der Waals surface area contributed by atoms with Gasteiger partial charge in [0.1, 0.15) is 0 Å². The van der Waals surface area contributed by atoms with E-state index in [1.807, 2.05) is 12.1 Å². The van der Waals surface area contributed by atoms with E-state index < -0.39 is 11.4 Å². The van der Waals surface area contributed by atoms with Crippen molar-refractivity contribution in [1.29, 1.82) is 0 Å². The number of carbonyl (C=O) groups excluding carboxylic acids is 1. The van der Waals surface area contributed by atoms with E-state index >= 15 is 0 Å². The van der Waals surface area contributed by atoms with Crippen molar-refractivity contribution in [2.75, 3.05) is 18.4 Å². The van der Waals surface area contributed by atoms with Crippen LogP contribution in [0.2, 0.25) is 0 Å². The molecule has 108 valence electrons. The van der Waals surface area contributed by atoms with E-state index in [0.29, 0.717) is 5.56 Å². The van der Waals surface area contributed by atoms with Crippen molar-refractivity contribution in [3.63, 3.8) is 0 Å². The predicted octanol–water partition coefficient (Wildman–Crippen LogP) is 1.89. The topological polar surface area (TPSA) is 78.4 Å². The number of carboxylic acids is 1. The summed E-state index contributed by atoms with van der Waals surface area (Å²) in [5, 5.41) is 15.0. The first-order valence-electron chi connectivity index (χ1n) is 6.78. The highest BCUT2D eigenvalue weighted by Crippen LogP contribution is 2.23. The molecule has 20 heavy (non-hydrogen) atoms. The zero-order valence-electron chi connectivity index (χ0n) is 11.8. The first kappa shape index (κ1) is 14.4. The molecule has 0 bridgehead atoms. The highest BCUT2D eigenvalue weighted by molar-refractivity contribution is 5.95. The normalized spacial score (nSPS) is 14.1. The lowest BCUT2D eigenvalue weighted by atomic mass is 9.93. The van der Waals surface area contributed by atoms with Crippen LogP contribution in [0.3, 0.4) is 0 Å². The maximum absolute atomic E-state index is 12.1. The van der Waals surface area contributed by atoms with Crippen molar-refractivity contribution in [2.45, 2.75) is 26.7 Å². The first-order valence-corrected chi connectivity index (χ1v) is 6.78. The summed E-state index contributed by atoms with van der Waals surface area (Å²) in [6.07, 6.45) is 2.02. The van der Waals surface area contributed by atoms with Crippen LogP contribution < -0.4 is 10.6 Å². The van der Waals surface area contributed by atoms with Gasteiger partial charge >= 0.3 is 5.97 Å². The number of amides is 1. The SMILES string of the molecule is CC(C)(CNC(=O)c1ccc2c(c1)CCCN2)C(=O)O. The van der Waals surface area contributed by atoms with Crippen molar-refractivity contribution in [3.8, 4) is 0 Å². The molecular formula is C15H20N2O3. The van der Waals surface area contributed by atoms with Crippen LogP contribution >= 0.6 is 0 Å². The van der Waals surface area contributed by atoms with E-state index in [9.17, 15) is 9.59 Å². The van der Waals surface area contributed by atoms with Crippen molar-refractivity contribution in [1.82, 2.24) is 5.32 Å². The van der Waals surface area contributed by atoms with Gasteiger partial charge in [-0.2, -0.15) is 0 Å². The monoisotopic (exact) mass is 276 g/mol. The van der Waals surface area contributed by atoms with Crippen molar-refractivity contribution in [2.24, 2.45) is 5.41 Å².